The topological polar surface area (TPSA) is 58.1 Å². The molecular weight excluding hydrogens is 399 g/mol. The van der Waals surface area contributed by atoms with E-state index in [1.54, 1.807) is 36.3 Å². The minimum Gasteiger partial charge on any atom is -0.354 e. The number of hydrogen-bond donors (Lipinski definition) is 1. The number of amides is 1. The van der Waals surface area contributed by atoms with Crippen LogP contribution in [0.25, 0.3) is 0 Å². The van der Waals surface area contributed by atoms with Crippen LogP contribution in [0, 0.1) is 18.7 Å². The molecule has 1 amide bonds. The molecule has 1 aliphatic heterocycles. The number of aromatic nitrogens is 2. The van der Waals surface area contributed by atoms with Crippen LogP contribution in [0.4, 0.5) is 15.9 Å². The zero-order chi connectivity index (χ0) is 20.9. The standard InChI is InChI=1S/C23H23FN4OS/c1-16-4-10-20(11-5-16)30-23-21(25-12-13-26-23)28-14-2-3-17(15-28)22(29)27-19-8-6-18(24)7-9-19/h4-13,17H,2-3,14-15H2,1H3,(H,27,29)/t17-/m1/s1. The second-order valence-corrected chi connectivity index (χ2v) is 8.44. The number of piperidine rings is 1. The van der Waals surface area contributed by atoms with E-state index in [9.17, 15) is 9.18 Å². The van der Waals surface area contributed by atoms with Gasteiger partial charge in [-0.05, 0) is 56.2 Å². The van der Waals surface area contributed by atoms with Gasteiger partial charge < -0.3 is 10.2 Å². The molecule has 0 unspecified atom stereocenters. The minimum atomic E-state index is -0.321. The lowest BCUT2D eigenvalue weighted by molar-refractivity contribution is -0.120. The molecule has 1 N–H and O–H groups in total. The van der Waals surface area contributed by atoms with Crippen molar-refractivity contribution in [2.24, 2.45) is 5.92 Å². The van der Waals surface area contributed by atoms with Gasteiger partial charge in [0.05, 0.1) is 5.92 Å². The fraction of sp³-hybridized carbons (Fsp3) is 0.261. The molecule has 0 radical (unpaired) electrons. The molecular formula is C23H23FN4OS. The van der Waals surface area contributed by atoms with Crippen LogP contribution in [0.1, 0.15) is 18.4 Å². The SMILES string of the molecule is Cc1ccc(Sc2nccnc2N2CCC[C@@H](C(=O)Nc3ccc(F)cc3)C2)cc1. The van der Waals surface area contributed by atoms with Crippen molar-refractivity contribution in [3.63, 3.8) is 0 Å². The van der Waals surface area contributed by atoms with Gasteiger partial charge in [0.2, 0.25) is 5.91 Å². The fourth-order valence-electron chi connectivity index (χ4n) is 3.49. The number of carbonyl (C=O) groups excluding carboxylic acids is 1. The summed E-state index contributed by atoms with van der Waals surface area (Å²) in [5.41, 5.74) is 1.82. The Morgan fingerprint density at radius 2 is 1.83 bits per heavy atom. The van der Waals surface area contributed by atoms with E-state index < -0.39 is 0 Å². The average Bonchev–Trinajstić information content (AvgIpc) is 2.77. The maximum Gasteiger partial charge on any atom is 0.229 e. The molecule has 3 aromatic rings. The van der Waals surface area contributed by atoms with Gasteiger partial charge in [-0.1, -0.05) is 29.5 Å². The first-order valence-corrected chi connectivity index (χ1v) is 10.8. The summed E-state index contributed by atoms with van der Waals surface area (Å²) >= 11 is 1.58. The molecule has 0 aliphatic carbocycles. The zero-order valence-corrected chi connectivity index (χ0v) is 17.5. The Labute approximate surface area is 179 Å². The summed E-state index contributed by atoms with van der Waals surface area (Å²) in [6, 6.07) is 14.2. The molecule has 0 saturated carbocycles. The van der Waals surface area contributed by atoms with E-state index in [-0.39, 0.29) is 17.6 Å². The largest absolute Gasteiger partial charge is 0.354 e. The number of nitrogens with zero attached hydrogens (tertiary/aromatic N) is 3. The van der Waals surface area contributed by atoms with Crippen molar-refractivity contribution in [2.45, 2.75) is 29.7 Å². The molecule has 7 heteroatoms. The quantitative estimate of drug-likeness (QED) is 0.632. The number of anilines is 2. The Balaban J connectivity index is 1.47. The van der Waals surface area contributed by atoms with Crippen molar-refractivity contribution < 1.29 is 9.18 Å². The van der Waals surface area contributed by atoms with Crippen LogP contribution in [0.3, 0.4) is 0 Å². The maximum atomic E-state index is 13.1. The van der Waals surface area contributed by atoms with Gasteiger partial charge in [-0.2, -0.15) is 0 Å². The molecule has 154 valence electrons. The molecule has 1 fully saturated rings. The number of hydrogen-bond acceptors (Lipinski definition) is 5. The highest BCUT2D eigenvalue weighted by molar-refractivity contribution is 7.99. The van der Waals surface area contributed by atoms with E-state index in [1.807, 2.05) is 0 Å². The minimum absolute atomic E-state index is 0.0528. The van der Waals surface area contributed by atoms with Crippen LogP contribution < -0.4 is 10.2 Å². The lowest BCUT2D eigenvalue weighted by atomic mass is 9.97. The van der Waals surface area contributed by atoms with Crippen LogP contribution in [0.15, 0.2) is 70.8 Å². The predicted octanol–water partition coefficient (Wildman–Crippen LogP) is 4.93. The summed E-state index contributed by atoms with van der Waals surface area (Å²) in [4.78, 5) is 25.1. The van der Waals surface area contributed by atoms with Gasteiger partial charge in [0.15, 0.2) is 5.82 Å². The van der Waals surface area contributed by atoms with Gasteiger partial charge in [-0.25, -0.2) is 14.4 Å². The third kappa shape index (κ3) is 4.97. The molecule has 1 saturated heterocycles. The Bertz CT molecular complexity index is 1010. The van der Waals surface area contributed by atoms with E-state index in [0.29, 0.717) is 12.2 Å². The molecule has 0 bridgehead atoms. The van der Waals surface area contributed by atoms with E-state index in [4.69, 9.17) is 0 Å². The lowest BCUT2D eigenvalue weighted by Crippen LogP contribution is -2.41. The van der Waals surface area contributed by atoms with Crippen molar-refractivity contribution in [1.29, 1.82) is 0 Å². The molecule has 1 aliphatic rings. The van der Waals surface area contributed by atoms with Crippen molar-refractivity contribution >= 4 is 29.2 Å². The molecule has 1 aromatic heterocycles. The van der Waals surface area contributed by atoms with Gasteiger partial charge >= 0.3 is 0 Å². The first kappa shape index (κ1) is 20.3. The number of nitrogens with one attached hydrogen (secondary N) is 1. The second kappa shape index (κ2) is 9.26. The highest BCUT2D eigenvalue weighted by Crippen LogP contribution is 2.34. The summed E-state index contributed by atoms with van der Waals surface area (Å²) in [6.45, 7) is 3.47. The third-order valence-corrected chi connectivity index (χ3v) is 6.07. The number of benzene rings is 2. The van der Waals surface area contributed by atoms with E-state index in [2.05, 4.69) is 51.4 Å². The lowest BCUT2D eigenvalue weighted by Gasteiger charge is -2.33. The molecule has 2 heterocycles. The number of carbonyl (C=O) groups is 1. The molecule has 30 heavy (non-hydrogen) atoms. The molecule has 4 rings (SSSR count). The van der Waals surface area contributed by atoms with Crippen LogP contribution >= 0.6 is 11.8 Å². The summed E-state index contributed by atoms with van der Waals surface area (Å²) in [6.07, 6.45) is 5.09. The smallest absolute Gasteiger partial charge is 0.229 e. The highest BCUT2D eigenvalue weighted by atomic mass is 32.2. The summed E-state index contributed by atoms with van der Waals surface area (Å²) in [7, 11) is 0. The van der Waals surface area contributed by atoms with Crippen molar-refractivity contribution in [1.82, 2.24) is 9.97 Å². The summed E-state index contributed by atoms with van der Waals surface area (Å²) in [5.74, 6) is 0.270. The third-order valence-electron chi connectivity index (χ3n) is 5.09. The normalized spacial score (nSPS) is 16.3. The van der Waals surface area contributed by atoms with Gasteiger partial charge in [-0.15, -0.1) is 0 Å². The first-order valence-electron chi connectivity index (χ1n) is 9.95. The predicted molar refractivity (Wildman–Crippen MR) is 117 cm³/mol. The van der Waals surface area contributed by atoms with Gasteiger partial charge in [0, 0.05) is 36.1 Å². The number of rotatable bonds is 5. The van der Waals surface area contributed by atoms with E-state index in [0.717, 1.165) is 35.1 Å². The van der Waals surface area contributed by atoms with E-state index >= 15 is 0 Å². The Kier molecular flexibility index (Phi) is 6.28. The maximum absolute atomic E-state index is 13.1. The van der Waals surface area contributed by atoms with Gasteiger partial charge in [0.1, 0.15) is 10.8 Å². The zero-order valence-electron chi connectivity index (χ0n) is 16.7. The Morgan fingerprint density at radius 3 is 2.60 bits per heavy atom. The van der Waals surface area contributed by atoms with Crippen LogP contribution in [0.5, 0.6) is 0 Å². The van der Waals surface area contributed by atoms with Crippen molar-refractivity contribution in [2.75, 3.05) is 23.3 Å². The monoisotopic (exact) mass is 422 g/mol. The first-order chi connectivity index (χ1) is 14.6. The fourth-order valence-corrected chi connectivity index (χ4v) is 4.37. The molecule has 2 aromatic carbocycles. The summed E-state index contributed by atoms with van der Waals surface area (Å²) < 4.78 is 13.1. The highest BCUT2D eigenvalue weighted by Gasteiger charge is 2.28. The van der Waals surface area contributed by atoms with Crippen molar-refractivity contribution in [3.05, 3.63) is 72.3 Å². The van der Waals surface area contributed by atoms with Crippen LogP contribution in [-0.4, -0.2) is 29.0 Å². The van der Waals surface area contributed by atoms with Crippen molar-refractivity contribution in [3.8, 4) is 0 Å². The second-order valence-electron chi connectivity index (χ2n) is 7.38. The Hall–Kier alpha value is -2.93. The van der Waals surface area contributed by atoms with E-state index in [1.165, 1.54) is 17.7 Å². The average molecular weight is 423 g/mol. The number of halogens is 1. The molecule has 0 spiro atoms. The van der Waals surface area contributed by atoms with Gasteiger partial charge in [0.25, 0.3) is 0 Å². The summed E-state index contributed by atoms with van der Waals surface area (Å²) in [5, 5.41) is 3.73. The molecule has 5 nitrogen and oxygen atoms in total. The molecule has 1 atom stereocenters. The van der Waals surface area contributed by atoms with Gasteiger partial charge in [-0.3, -0.25) is 4.79 Å². The van der Waals surface area contributed by atoms with Crippen LogP contribution in [-0.2, 0) is 4.79 Å². The Morgan fingerprint density at radius 1 is 1.10 bits per heavy atom. The number of aryl methyl sites for hydroxylation is 1. The van der Waals surface area contributed by atoms with Crippen LogP contribution in [0.2, 0.25) is 0 Å².